The number of hydrogen-bond donors (Lipinski definition) is 1. The Morgan fingerprint density at radius 2 is 1.94 bits per heavy atom. The number of carbonyl (C=O) groups excluding carboxylic acids is 1. The molecule has 1 aliphatic carbocycles. The van der Waals surface area contributed by atoms with Gasteiger partial charge in [0.25, 0.3) is 0 Å². The van der Waals surface area contributed by atoms with Crippen molar-refractivity contribution in [2.75, 3.05) is 0 Å². The van der Waals surface area contributed by atoms with Crippen molar-refractivity contribution >= 4 is 11.8 Å². The van der Waals surface area contributed by atoms with Crippen LogP contribution in [0, 0.1) is 23.5 Å². The van der Waals surface area contributed by atoms with Crippen LogP contribution in [0.2, 0.25) is 0 Å². The minimum atomic E-state index is -1.05. The van der Waals surface area contributed by atoms with E-state index in [1.807, 2.05) is 0 Å². The van der Waals surface area contributed by atoms with Gasteiger partial charge in [-0.1, -0.05) is 0 Å². The quantitative estimate of drug-likeness (QED) is 0.800. The van der Waals surface area contributed by atoms with E-state index in [0.29, 0.717) is 6.07 Å². The van der Waals surface area contributed by atoms with Crippen LogP contribution in [0.3, 0.4) is 0 Å². The number of benzene rings is 1. The summed E-state index contributed by atoms with van der Waals surface area (Å²) < 4.78 is 25.8. The molecule has 5 heteroatoms. The number of ketones is 1. The molecule has 0 amide bonds. The molecule has 84 valence electrons. The molecule has 2 unspecified atom stereocenters. The highest BCUT2D eigenvalue weighted by molar-refractivity contribution is 6.02. The van der Waals surface area contributed by atoms with Crippen molar-refractivity contribution in [1.29, 1.82) is 0 Å². The SMILES string of the molecule is O=C(O)C1CC1C(=O)c1ccc(F)cc1F. The van der Waals surface area contributed by atoms with Crippen molar-refractivity contribution in [2.24, 2.45) is 11.8 Å². The zero-order valence-corrected chi connectivity index (χ0v) is 8.11. The highest BCUT2D eigenvalue weighted by Crippen LogP contribution is 2.41. The average molecular weight is 226 g/mol. The monoisotopic (exact) mass is 226 g/mol. The lowest BCUT2D eigenvalue weighted by Gasteiger charge is -2.01. The van der Waals surface area contributed by atoms with E-state index in [0.717, 1.165) is 12.1 Å². The fourth-order valence-electron chi connectivity index (χ4n) is 1.65. The van der Waals surface area contributed by atoms with Crippen LogP contribution in [0.4, 0.5) is 8.78 Å². The number of hydrogen-bond acceptors (Lipinski definition) is 2. The summed E-state index contributed by atoms with van der Waals surface area (Å²) in [6.45, 7) is 0. The maximum absolute atomic E-state index is 13.2. The number of carboxylic acid groups (broad SMARTS) is 1. The molecule has 16 heavy (non-hydrogen) atoms. The maximum Gasteiger partial charge on any atom is 0.307 e. The molecule has 1 aromatic carbocycles. The van der Waals surface area contributed by atoms with Gasteiger partial charge in [-0.25, -0.2) is 8.78 Å². The average Bonchev–Trinajstić information content (AvgIpc) is 2.96. The molecule has 0 aliphatic heterocycles. The Morgan fingerprint density at radius 3 is 2.44 bits per heavy atom. The smallest absolute Gasteiger partial charge is 0.307 e. The van der Waals surface area contributed by atoms with Gasteiger partial charge in [0.2, 0.25) is 0 Å². The Kier molecular flexibility index (Phi) is 2.46. The van der Waals surface area contributed by atoms with Gasteiger partial charge in [0.15, 0.2) is 5.78 Å². The largest absolute Gasteiger partial charge is 0.481 e. The molecular weight excluding hydrogens is 218 g/mol. The Morgan fingerprint density at radius 1 is 1.25 bits per heavy atom. The Bertz CT molecular complexity index is 470. The molecule has 3 nitrogen and oxygen atoms in total. The van der Waals surface area contributed by atoms with Gasteiger partial charge in [-0.2, -0.15) is 0 Å². The summed E-state index contributed by atoms with van der Waals surface area (Å²) in [6, 6.07) is 2.64. The maximum atomic E-state index is 13.2. The summed E-state index contributed by atoms with van der Waals surface area (Å²) in [6.07, 6.45) is 0.227. The van der Waals surface area contributed by atoms with Crippen molar-refractivity contribution in [3.05, 3.63) is 35.4 Å². The number of halogens is 2. The third-order valence-corrected chi connectivity index (χ3v) is 2.64. The molecule has 1 N–H and O–H groups in total. The van der Waals surface area contributed by atoms with Gasteiger partial charge in [-0.05, 0) is 18.6 Å². The van der Waals surface area contributed by atoms with Crippen LogP contribution in [-0.4, -0.2) is 16.9 Å². The highest BCUT2D eigenvalue weighted by atomic mass is 19.1. The molecule has 0 heterocycles. The first-order chi connectivity index (χ1) is 7.50. The molecule has 0 bridgehead atoms. The third-order valence-electron chi connectivity index (χ3n) is 2.64. The zero-order valence-electron chi connectivity index (χ0n) is 8.11. The van der Waals surface area contributed by atoms with Crippen molar-refractivity contribution < 1.29 is 23.5 Å². The minimum Gasteiger partial charge on any atom is -0.481 e. The van der Waals surface area contributed by atoms with Gasteiger partial charge < -0.3 is 5.11 Å². The predicted octanol–water partition coefficient (Wildman–Crippen LogP) is 1.87. The van der Waals surface area contributed by atoms with E-state index in [1.54, 1.807) is 0 Å². The Balaban J connectivity index is 2.20. The molecule has 1 aromatic rings. The van der Waals surface area contributed by atoms with E-state index in [2.05, 4.69) is 0 Å². The lowest BCUT2D eigenvalue weighted by molar-refractivity contribution is -0.138. The van der Waals surface area contributed by atoms with Crippen LogP contribution in [-0.2, 0) is 4.79 Å². The fraction of sp³-hybridized carbons (Fsp3) is 0.273. The number of rotatable bonds is 3. The number of aliphatic carboxylic acids is 1. The standard InChI is InChI=1S/C11H8F2O3/c12-5-1-2-6(9(13)3-5)10(14)7-4-8(7)11(15)16/h1-3,7-8H,4H2,(H,15,16). The van der Waals surface area contributed by atoms with E-state index >= 15 is 0 Å². The predicted molar refractivity (Wildman–Crippen MR) is 49.9 cm³/mol. The van der Waals surface area contributed by atoms with E-state index in [1.165, 1.54) is 0 Å². The summed E-state index contributed by atoms with van der Waals surface area (Å²) in [5.41, 5.74) is -0.241. The van der Waals surface area contributed by atoms with E-state index in [9.17, 15) is 18.4 Å². The summed E-state index contributed by atoms with van der Waals surface area (Å²) >= 11 is 0. The van der Waals surface area contributed by atoms with Crippen LogP contribution < -0.4 is 0 Å². The second kappa shape index (κ2) is 3.66. The number of Topliss-reactive ketones (excluding diaryl/α,β-unsaturated/α-hetero) is 1. The van der Waals surface area contributed by atoms with Gasteiger partial charge >= 0.3 is 5.97 Å². The van der Waals surface area contributed by atoms with Crippen molar-refractivity contribution in [3.8, 4) is 0 Å². The van der Waals surface area contributed by atoms with Crippen molar-refractivity contribution in [3.63, 3.8) is 0 Å². The van der Waals surface area contributed by atoms with E-state index < -0.39 is 35.2 Å². The van der Waals surface area contributed by atoms with Gasteiger partial charge in [0, 0.05) is 12.0 Å². The van der Waals surface area contributed by atoms with Crippen LogP contribution in [0.25, 0.3) is 0 Å². The molecule has 0 radical (unpaired) electrons. The molecule has 2 rings (SSSR count). The molecule has 0 aromatic heterocycles. The van der Waals surface area contributed by atoms with Crippen molar-refractivity contribution in [2.45, 2.75) is 6.42 Å². The molecule has 1 aliphatic rings. The van der Waals surface area contributed by atoms with Crippen LogP contribution in [0.1, 0.15) is 16.8 Å². The molecule has 0 saturated heterocycles. The Labute approximate surface area is 89.7 Å². The summed E-state index contributed by atoms with van der Waals surface area (Å²) in [7, 11) is 0. The minimum absolute atomic E-state index is 0.227. The van der Waals surface area contributed by atoms with Crippen LogP contribution in [0.5, 0.6) is 0 Å². The lowest BCUT2D eigenvalue weighted by atomic mass is 10.1. The van der Waals surface area contributed by atoms with Gasteiger partial charge in [0.1, 0.15) is 11.6 Å². The van der Waals surface area contributed by atoms with Gasteiger partial charge in [-0.15, -0.1) is 0 Å². The van der Waals surface area contributed by atoms with E-state index in [-0.39, 0.29) is 12.0 Å². The molecule has 1 fully saturated rings. The van der Waals surface area contributed by atoms with Gasteiger partial charge in [-0.3, -0.25) is 9.59 Å². The Hall–Kier alpha value is -1.78. The van der Waals surface area contributed by atoms with Crippen LogP contribution >= 0.6 is 0 Å². The second-order valence-electron chi connectivity index (χ2n) is 3.78. The molecule has 1 saturated carbocycles. The third kappa shape index (κ3) is 1.80. The fourth-order valence-corrected chi connectivity index (χ4v) is 1.65. The highest BCUT2D eigenvalue weighted by Gasteiger charge is 2.48. The first-order valence-corrected chi connectivity index (χ1v) is 4.73. The first-order valence-electron chi connectivity index (χ1n) is 4.73. The molecule has 2 atom stereocenters. The first kappa shape index (κ1) is 10.7. The second-order valence-corrected chi connectivity index (χ2v) is 3.78. The topological polar surface area (TPSA) is 54.4 Å². The summed E-state index contributed by atoms with van der Waals surface area (Å²) in [5, 5.41) is 8.63. The number of carbonyl (C=O) groups is 2. The lowest BCUT2D eigenvalue weighted by Crippen LogP contribution is -2.10. The van der Waals surface area contributed by atoms with Crippen LogP contribution in [0.15, 0.2) is 18.2 Å². The number of carboxylic acids is 1. The molecule has 0 spiro atoms. The molecular formula is C11H8F2O3. The summed E-state index contributed by atoms with van der Waals surface area (Å²) in [4.78, 5) is 22.2. The van der Waals surface area contributed by atoms with Crippen molar-refractivity contribution in [1.82, 2.24) is 0 Å². The van der Waals surface area contributed by atoms with Gasteiger partial charge in [0.05, 0.1) is 11.5 Å². The summed E-state index contributed by atoms with van der Waals surface area (Å²) in [5.74, 6) is -4.72. The zero-order chi connectivity index (χ0) is 11.9. The van der Waals surface area contributed by atoms with E-state index in [4.69, 9.17) is 5.11 Å². The normalized spacial score (nSPS) is 22.9.